The largest absolute Gasteiger partial charge is 0.507 e. The molecular weight excluding hydrogens is 216 g/mol. The van der Waals surface area contributed by atoms with E-state index in [-0.39, 0.29) is 5.75 Å². The first kappa shape index (κ1) is 10.1. The molecule has 1 aromatic heterocycles. The minimum absolute atomic E-state index is 0.152. The summed E-state index contributed by atoms with van der Waals surface area (Å²) in [6, 6.07) is 5.57. The van der Waals surface area contributed by atoms with Crippen molar-refractivity contribution in [3.05, 3.63) is 24.0 Å². The molecule has 0 atom stereocenters. The van der Waals surface area contributed by atoms with Gasteiger partial charge in [0.15, 0.2) is 5.82 Å². The number of hydrogen-bond donors (Lipinski definition) is 2. The lowest BCUT2D eigenvalue weighted by Crippen LogP contribution is -2.00. The first-order valence-corrected chi connectivity index (χ1v) is 5.67. The van der Waals surface area contributed by atoms with Crippen molar-refractivity contribution in [1.82, 2.24) is 14.8 Å². The van der Waals surface area contributed by atoms with Gasteiger partial charge in [-0.05, 0) is 31.9 Å². The van der Waals surface area contributed by atoms with Crippen molar-refractivity contribution < 1.29 is 5.11 Å². The highest BCUT2D eigenvalue weighted by Gasteiger charge is 2.29. The Hall–Kier alpha value is -2.04. The number of hydrogen-bond acceptors (Lipinski definition) is 4. The SMILES string of the molecule is Cc1nnc(-c2ccc(N)cc2O)n1C1CC1. The second kappa shape index (κ2) is 3.48. The van der Waals surface area contributed by atoms with Crippen molar-refractivity contribution in [2.75, 3.05) is 5.73 Å². The molecule has 1 saturated carbocycles. The van der Waals surface area contributed by atoms with Gasteiger partial charge in [-0.3, -0.25) is 0 Å². The molecule has 2 aromatic rings. The first-order valence-electron chi connectivity index (χ1n) is 5.67. The molecule has 1 heterocycles. The molecule has 5 nitrogen and oxygen atoms in total. The summed E-state index contributed by atoms with van der Waals surface area (Å²) in [4.78, 5) is 0. The van der Waals surface area contributed by atoms with Gasteiger partial charge in [0.25, 0.3) is 0 Å². The van der Waals surface area contributed by atoms with Gasteiger partial charge in [0.1, 0.15) is 11.6 Å². The molecule has 0 amide bonds. The topological polar surface area (TPSA) is 77.0 Å². The molecule has 3 rings (SSSR count). The molecule has 17 heavy (non-hydrogen) atoms. The number of rotatable bonds is 2. The highest BCUT2D eigenvalue weighted by molar-refractivity contribution is 5.67. The summed E-state index contributed by atoms with van der Waals surface area (Å²) < 4.78 is 2.09. The summed E-state index contributed by atoms with van der Waals surface area (Å²) in [5.41, 5.74) is 6.85. The summed E-state index contributed by atoms with van der Waals surface area (Å²) in [5.74, 6) is 1.76. The molecule has 3 N–H and O–H groups in total. The minimum atomic E-state index is 0.152. The van der Waals surface area contributed by atoms with E-state index in [9.17, 15) is 5.11 Å². The van der Waals surface area contributed by atoms with E-state index in [1.807, 2.05) is 6.92 Å². The number of nitrogens with zero attached hydrogens (tertiary/aromatic N) is 3. The Bertz CT molecular complexity index is 572. The second-order valence-corrected chi connectivity index (χ2v) is 4.45. The third-order valence-electron chi connectivity index (χ3n) is 3.04. The monoisotopic (exact) mass is 230 g/mol. The second-order valence-electron chi connectivity index (χ2n) is 4.45. The molecule has 0 spiro atoms. The normalized spacial score (nSPS) is 15.1. The Balaban J connectivity index is 2.14. The smallest absolute Gasteiger partial charge is 0.167 e. The predicted molar refractivity (Wildman–Crippen MR) is 64.5 cm³/mol. The average molecular weight is 230 g/mol. The van der Waals surface area contributed by atoms with Gasteiger partial charge in [-0.2, -0.15) is 0 Å². The average Bonchev–Trinajstić information content (AvgIpc) is 3.03. The van der Waals surface area contributed by atoms with Crippen LogP contribution >= 0.6 is 0 Å². The van der Waals surface area contributed by atoms with Crippen molar-refractivity contribution in [1.29, 1.82) is 0 Å². The lowest BCUT2D eigenvalue weighted by atomic mass is 10.1. The third kappa shape index (κ3) is 1.63. The minimum Gasteiger partial charge on any atom is -0.507 e. The van der Waals surface area contributed by atoms with Crippen molar-refractivity contribution in [3.63, 3.8) is 0 Å². The quantitative estimate of drug-likeness (QED) is 0.772. The van der Waals surface area contributed by atoms with Gasteiger partial charge in [-0.25, -0.2) is 0 Å². The van der Waals surface area contributed by atoms with Crippen LogP contribution in [-0.2, 0) is 0 Å². The maximum Gasteiger partial charge on any atom is 0.167 e. The Morgan fingerprint density at radius 3 is 2.76 bits per heavy atom. The van der Waals surface area contributed by atoms with Gasteiger partial charge in [0, 0.05) is 17.8 Å². The van der Waals surface area contributed by atoms with E-state index in [0.717, 1.165) is 24.5 Å². The molecule has 5 heteroatoms. The third-order valence-corrected chi connectivity index (χ3v) is 3.04. The number of benzene rings is 1. The predicted octanol–water partition coefficient (Wildman–Crippen LogP) is 1.88. The van der Waals surface area contributed by atoms with Gasteiger partial charge in [-0.1, -0.05) is 0 Å². The van der Waals surface area contributed by atoms with E-state index in [1.165, 1.54) is 6.07 Å². The molecule has 1 fully saturated rings. The highest BCUT2D eigenvalue weighted by atomic mass is 16.3. The van der Waals surface area contributed by atoms with Crippen molar-refractivity contribution in [2.45, 2.75) is 25.8 Å². The Labute approximate surface area is 98.9 Å². The number of aromatic nitrogens is 3. The zero-order valence-corrected chi connectivity index (χ0v) is 9.59. The number of phenols is 1. The number of anilines is 1. The number of aromatic hydroxyl groups is 1. The molecule has 0 radical (unpaired) electrons. The summed E-state index contributed by atoms with van der Waals surface area (Å²) in [6.07, 6.45) is 2.31. The van der Waals surface area contributed by atoms with Crippen molar-refractivity contribution in [2.24, 2.45) is 0 Å². The molecule has 0 bridgehead atoms. The van der Waals surface area contributed by atoms with Gasteiger partial charge in [-0.15, -0.1) is 10.2 Å². The maximum atomic E-state index is 9.92. The van der Waals surface area contributed by atoms with E-state index in [4.69, 9.17) is 5.73 Å². The Morgan fingerprint density at radius 2 is 2.12 bits per heavy atom. The van der Waals surface area contributed by atoms with Gasteiger partial charge >= 0.3 is 0 Å². The summed E-state index contributed by atoms with van der Waals surface area (Å²) in [7, 11) is 0. The van der Waals surface area contributed by atoms with Crippen LogP contribution in [0, 0.1) is 6.92 Å². The van der Waals surface area contributed by atoms with Crippen LogP contribution in [0.2, 0.25) is 0 Å². The van der Waals surface area contributed by atoms with Crippen molar-refractivity contribution in [3.8, 4) is 17.1 Å². The van der Waals surface area contributed by atoms with Gasteiger partial charge < -0.3 is 15.4 Å². The number of aryl methyl sites for hydroxylation is 1. The fraction of sp³-hybridized carbons (Fsp3) is 0.333. The molecular formula is C12H14N4O. The molecule has 0 unspecified atom stereocenters. The summed E-state index contributed by atoms with van der Waals surface area (Å²) in [6.45, 7) is 1.93. The molecule has 0 aliphatic heterocycles. The van der Waals surface area contributed by atoms with Crippen LogP contribution in [0.5, 0.6) is 5.75 Å². The Morgan fingerprint density at radius 1 is 1.35 bits per heavy atom. The van der Waals surface area contributed by atoms with Crippen LogP contribution in [0.1, 0.15) is 24.7 Å². The van der Waals surface area contributed by atoms with Crippen LogP contribution in [0.15, 0.2) is 18.2 Å². The fourth-order valence-electron chi connectivity index (χ4n) is 2.06. The van der Waals surface area contributed by atoms with Crippen LogP contribution < -0.4 is 5.73 Å². The number of phenolic OH excluding ortho intramolecular Hbond substituents is 1. The molecule has 88 valence electrons. The molecule has 1 aliphatic rings. The number of nitrogens with two attached hydrogens (primary N) is 1. The molecule has 0 saturated heterocycles. The van der Waals surface area contributed by atoms with Gasteiger partial charge in [0.2, 0.25) is 0 Å². The Kier molecular flexibility index (Phi) is 2.07. The van der Waals surface area contributed by atoms with E-state index >= 15 is 0 Å². The molecule has 1 aromatic carbocycles. The van der Waals surface area contributed by atoms with Crippen molar-refractivity contribution >= 4 is 5.69 Å². The zero-order valence-electron chi connectivity index (χ0n) is 9.59. The fourth-order valence-corrected chi connectivity index (χ4v) is 2.06. The van der Waals surface area contributed by atoms with E-state index in [1.54, 1.807) is 12.1 Å². The summed E-state index contributed by atoms with van der Waals surface area (Å²) in [5, 5.41) is 18.2. The maximum absolute atomic E-state index is 9.92. The van der Waals surface area contributed by atoms with E-state index in [2.05, 4.69) is 14.8 Å². The standard InChI is InChI=1S/C12H14N4O/c1-7-14-15-12(16(7)9-3-4-9)10-5-2-8(13)6-11(10)17/h2,5-6,9,17H,3-4,13H2,1H3. The van der Waals surface area contributed by atoms with Crippen LogP contribution in [0.3, 0.4) is 0 Å². The summed E-state index contributed by atoms with van der Waals surface area (Å²) >= 11 is 0. The van der Waals surface area contributed by atoms with Crippen LogP contribution in [0.4, 0.5) is 5.69 Å². The molecule has 1 aliphatic carbocycles. The van der Waals surface area contributed by atoms with Crippen LogP contribution in [0.25, 0.3) is 11.4 Å². The van der Waals surface area contributed by atoms with Crippen LogP contribution in [-0.4, -0.2) is 19.9 Å². The lowest BCUT2D eigenvalue weighted by Gasteiger charge is -2.08. The first-order chi connectivity index (χ1) is 8.16. The zero-order chi connectivity index (χ0) is 12.0. The lowest BCUT2D eigenvalue weighted by molar-refractivity contribution is 0.476. The van der Waals surface area contributed by atoms with E-state index < -0.39 is 0 Å². The number of nitrogen functional groups attached to an aromatic ring is 1. The highest BCUT2D eigenvalue weighted by Crippen LogP contribution is 2.40. The van der Waals surface area contributed by atoms with E-state index in [0.29, 0.717) is 17.3 Å². The van der Waals surface area contributed by atoms with Gasteiger partial charge in [0.05, 0.1) is 5.56 Å².